The Balaban J connectivity index is 1.87. The van der Waals surface area contributed by atoms with Crippen molar-refractivity contribution >= 4 is 44.4 Å². The summed E-state index contributed by atoms with van der Waals surface area (Å²) in [4.78, 5) is 25.0. The smallest absolute Gasteiger partial charge is 0.260 e. The van der Waals surface area contributed by atoms with E-state index >= 15 is 0 Å². The van der Waals surface area contributed by atoms with E-state index in [4.69, 9.17) is 0 Å². The largest absolute Gasteiger partial charge is 0.298 e. The fourth-order valence-electron chi connectivity index (χ4n) is 2.02. The van der Waals surface area contributed by atoms with Crippen LogP contribution in [0.25, 0.3) is 10.2 Å². The first-order valence-electron chi connectivity index (χ1n) is 6.62. The fourth-order valence-corrected chi connectivity index (χ4v) is 3.34. The zero-order chi connectivity index (χ0) is 15.7. The predicted octanol–water partition coefficient (Wildman–Crippen LogP) is 3.68. The van der Waals surface area contributed by atoms with Gasteiger partial charge >= 0.3 is 0 Å². The van der Waals surface area contributed by atoms with Gasteiger partial charge in [-0.25, -0.2) is 15.0 Å². The molecule has 0 atom stereocenters. The first-order chi connectivity index (χ1) is 10.6. The number of amides is 1. The van der Waals surface area contributed by atoms with Crippen LogP contribution < -0.4 is 5.32 Å². The molecular weight excluding hydrogens is 316 g/mol. The average Bonchev–Trinajstić information content (AvgIpc) is 2.96. The Hall–Kier alpha value is -1.99. The second-order valence-corrected chi connectivity index (χ2v) is 6.58. The number of hydrogen-bond donors (Lipinski definition) is 1. The van der Waals surface area contributed by atoms with E-state index in [0.717, 1.165) is 21.3 Å². The topological polar surface area (TPSA) is 67.8 Å². The van der Waals surface area contributed by atoms with E-state index in [9.17, 15) is 4.79 Å². The number of nitrogens with one attached hydrogen (secondary N) is 1. The number of carbonyl (C=O) groups is 1. The number of fused-ring (bicyclic) bond motifs is 1. The van der Waals surface area contributed by atoms with Crippen molar-refractivity contribution in [3.05, 3.63) is 41.2 Å². The van der Waals surface area contributed by atoms with Crippen LogP contribution in [-0.4, -0.2) is 27.1 Å². The van der Waals surface area contributed by atoms with Gasteiger partial charge in [0.25, 0.3) is 5.91 Å². The van der Waals surface area contributed by atoms with Crippen molar-refractivity contribution in [2.45, 2.75) is 19.0 Å². The number of carbonyl (C=O) groups excluding carboxylic acids is 1. The zero-order valence-electron chi connectivity index (χ0n) is 12.4. The van der Waals surface area contributed by atoms with Crippen LogP contribution in [0.3, 0.4) is 0 Å². The maximum atomic E-state index is 12.2. The summed E-state index contributed by atoms with van der Waals surface area (Å²) in [7, 11) is 0. The standard InChI is InChI=1S/C15H14N4OS2/c1-8-4-5-9(2)12-11(8)18-15(22-12)19-13(20)10-6-16-14(21-3)17-7-10/h4-7H,1-3H3,(H,18,19,20). The maximum absolute atomic E-state index is 12.2. The van der Waals surface area contributed by atoms with Crippen LogP contribution in [0.1, 0.15) is 21.5 Å². The van der Waals surface area contributed by atoms with Gasteiger partial charge in [-0.15, -0.1) is 0 Å². The van der Waals surface area contributed by atoms with Crippen molar-refractivity contribution in [2.24, 2.45) is 0 Å². The van der Waals surface area contributed by atoms with Crippen molar-refractivity contribution in [2.75, 3.05) is 11.6 Å². The Bertz CT molecular complexity index is 804. The second-order valence-electron chi connectivity index (χ2n) is 4.81. The van der Waals surface area contributed by atoms with E-state index in [1.165, 1.54) is 35.5 Å². The van der Waals surface area contributed by atoms with E-state index in [-0.39, 0.29) is 5.91 Å². The Kier molecular flexibility index (Phi) is 4.08. The molecule has 0 radical (unpaired) electrons. The van der Waals surface area contributed by atoms with Gasteiger partial charge in [-0.3, -0.25) is 10.1 Å². The molecule has 3 aromatic rings. The summed E-state index contributed by atoms with van der Waals surface area (Å²) < 4.78 is 1.10. The summed E-state index contributed by atoms with van der Waals surface area (Å²) >= 11 is 2.92. The summed E-state index contributed by atoms with van der Waals surface area (Å²) in [6, 6.07) is 4.11. The highest BCUT2D eigenvalue weighted by atomic mass is 32.2. The molecule has 3 rings (SSSR count). The van der Waals surface area contributed by atoms with E-state index in [1.807, 2.05) is 26.2 Å². The highest BCUT2D eigenvalue weighted by Gasteiger charge is 2.13. The molecule has 5 nitrogen and oxygen atoms in total. The molecule has 112 valence electrons. The molecule has 1 aromatic carbocycles. The first-order valence-corrected chi connectivity index (χ1v) is 8.66. The number of aromatic nitrogens is 3. The van der Waals surface area contributed by atoms with Gasteiger partial charge in [-0.05, 0) is 31.2 Å². The highest BCUT2D eigenvalue weighted by Crippen LogP contribution is 2.31. The molecule has 1 amide bonds. The second kappa shape index (κ2) is 6.02. The lowest BCUT2D eigenvalue weighted by Crippen LogP contribution is -2.12. The van der Waals surface area contributed by atoms with Crippen LogP contribution in [0.5, 0.6) is 0 Å². The molecule has 0 aliphatic carbocycles. The molecule has 2 aromatic heterocycles. The van der Waals surface area contributed by atoms with Gasteiger partial charge in [0.1, 0.15) is 0 Å². The maximum Gasteiger partial charge on any atom is 0.260 e. The zero-order valence-corrected chi connectivity index (χ0v) is 14.0. The monoisotopic (exact) mass is 330 g/mol. The summed E-state index contributed by atoms with van der Waals surface area (Å²) in [5.74, 6) is -0.248. The summed E-state index contributed by atoms with van der Waals surface area (Å²) in [5, 5.41) is 4.05. The third kappa shape index (κ3) is 2.82. The molecule has 1 N–H and O–H groups in total. The van der Waals surface area contributed by atoms with Crippen LogP contribution in [0, 0.1) is 13.8 Å². The summed E-state index contributed by atoms with van der Waals surface area (Å²) in [5.41, 5.74) is 3.62. The molecule has 2 heterocycles. The number of nitrogens with zero attached hydrogens (tertiary/aromatic N) is 3. The predicted molar refractivity (Wildman–Crippen MR) is 90.9 cm³/mol. The van der Waals surface area contributed by atoms with Crippen molar-refractivity contribution in [1.82, 2.24) is 15.0 Å². The highest BCUT2D eigenvalue weighted by molar-refractivity contribution is 7.98. The number of thiazole rings is 1. The van der Waals surface area contributed by atoms with E-state index in [1.54, 1.807) is 0 Å². The van der Waals surface area contributed by atoms with Crippen LogP contribution in [0.2, 0.25) is 0 Å². The quantitative estimate of drug-likeness (QED) is 0.586. The van der Waals surface area contributed by atoms with Gasteiger partial charge in [0.05, 0.1) is 15.8 Å². The van der Waals surface area contributed by atoms with Crippen LogP contribution in [-0.2, 0) is 0 Å². The Morgan fingerprint density at radius 3 is 2.50 bits per heavy atom. The molecule has 7 heteroatoms. The fraction of sp³-hybridized carbons (Fsp3) is 0.200. The number of hydrogen-bond acceptors (Lipinski definition) is 6. The molecule has 0 aliphatic rings. The van der Waals surface area contributed by atoms with Crippen LogP contribution in [0.4, 0.5) is 5.13 Å². The first kappa shape index (κ1) is 14.9. The SMILES string of the molecule is CSc1ncc(C(=O)Nc2nc3c(C)ccc(C)c3s2)cn1. The minimum absolute atomic E-state index is 0.248. The van der Waals surface area contributed by atoms with E-state index in [2.05, 4.69) is 26.3 Å². The molecular formula is C15H14N4OS2. The number of aryl methyl sites for hydroxylation is 2. The lowest BCUT2D eigenvalue weighted by Gasteiger charge is -2.01. The number of benzene rings is 1. The summed E-state index contributed by atoms with van der Waals surface area (Å²) in [6.07, 6.45) is 4.94. The van der Waals surface area contributed by atoms with Crippen LogP contribution in [0.15, 0.2) is 29.7 Å². The van der Waals surface area contributed by atoms with Gasteiger partial charge < -0.3 is 0 Å². The van der Waals surface area contributed by atoms with Gasteiger partial charge in [-0.2, -0.15) is 0 Å². The molecule has 0 aliphatic heterocycles. The molecule has 22 heavy (non-hydrogen) atoms. The minimum Gasteiger partial charge on any atom is -0.298 e. The van der Waals surface area contributed by atoms with Crippen molar-refractivity contribution in [3.8, 4) is 0 Å². The van der Waals surface area contributed by atoms with E-state index < -0.39 is 0 Å². The van der Waals surface area contributed by atoms with E-state index in [0.29, 0.717) is 15.9 Å². The van der Waals surface area contributed by atoms with Gasteiger partial charge in [0.2, 0.25) is 0 Å². The normalized spacial score (nSPS) is 10.9. The van der Waals surface area contributed by atoms with Gasteiger partial charge in [0.15, 0.2) is 10.3 Å². The van der Waals surface area contributed by atoms with Crippen LogP contribution >= 0.6 is 23.1 Å². The molecule has 0 fully saturated rings. The molecule has 0 saturated carbocycles. The number of thioether (sulfide) groups is 1. The Morgan fingerprint density at radius 2 is 1.86 bits per heavy atom. The van der Waals surface area contributed by atoms with Gasteiger partial charge in [0, 0.05) is 12.4 Å². The van der Waals surface area contributed by atoms with Gasteiger partial charge in [-0.1, -0.05) is 35.2 Å². The third-order valence-electron chi connectivity index (χ3n) is 3.24. The number of anilines is 1. The average molecular weight is 330 g/mol. The lowest BCUT2D eigenvalue weighted by molar-refractivity contribution is 0.102. The number of rotatable bonds is 3. The minimum atomic E-state index is -0.248. The third-order valence-corrected chi connectivity index (χ3v) is 4.92. The molecule has 0 bridgehead atoms. The molecule has 0 unspecified atom stereocenters. The van der Waals surface area contributed by atoms with Crippen molar-refractivity contribution < 1.29 is 4.79 Å². The Labute approximate surface area is 136 Å². The molecule has 0 spiro atoms. The summed E-state index contributed by atoms with van der Waals surface area (Å²) in [6.45, 7) is 4.06. The van der Waals surface area contributed by atoms with Crippen molar-refractivity contribution in [1.29, 1.82) is 0 Å². The lowest BCUT2D eigenvalue weighted by atomic mass is 10.1. The van der Waals surface area contributed by atoms with Crippen molar-refractivity contribution in [3.63, 3.8) is 0 Å². The Morgan fingerprint density at radius 1 is 1.18 bits per heavy atom. The molecule has 0 saturated heterocycles.